The average Bonchev–Trinajstić information content (AvgIpc) is 2.41. The number of nitrogens with zero attached hydrogens (tertiary/aromatic N) is 3. The first-order valence-corrected chi connectivity index (χ1v) is 6.45. The highest BCUT2D eigenvalue weighted by atomic mass is 79.9. The summed E-state index contributed by atoms with van der Waals surface area (Å²) in [5.74, 6) is -4.39. The summed E-state index contributed by atoms with van der Waals surface area (Å²) >= 11 is 2.57. The number of nitriles is 1. The van der Waals surface area contributed by atoms with Gasteiger partial charge in [-0.25, -0.2) is 13.8 Å². The van der Waals surface area contributed by atoms with Gasteiger partial charge in [-0.1, -0.05) is 0 Å². The maximum absolute atomic E-state index is 14.2. The predicted octanol–water partition coefficient (Wildman–Crippen LogP) is 3.24. The van der Waals surface area contributed by atoms with Crippen molar-refractivity contribution in [2.45, 2.75) is 6.18 Å². The molecule has 4 N–H and O–H groups in total. The minimum Gasteiger partial charge on any atom is -0.382 e. The largest absolute Gasteiger partial charge is 0.419 e. The summed E-state index contributed by atoms with van der Waals surface area (Å²) in [5.41, 5.74) is 6.42. The SMILES string of the molecule is N#Cc1c(N)nc(N)nc1-c1c(F)c(Br)cc(C(F)(F)F)c1F. The molecule has 11 heteroatoms. The van der Waals surface area contributed by atoms with Gasteiger partial charge in [-0.2, -0.15) is 23.4 Å². The molecule has 0 aliphatic carbocycles. The van der Waals surface area contributed by atoms with Gasteiger partial charge in [0.1, 0.15) is 34.8 Å². The fraction of sp³-hybridized carbons (Fsp3) is 0.0833. The van der Waals surface area contributed by atoms with E-state index in [1.165, 1.54) is 6.07 Å². The monoisotopic (exact) mass is 393 g/mol. The summed E-state index contributed by atoms with van der Waals surface area (Å²) in [6, 6.07) is 1.73. The van der Waals surface area contributed by atoms with Gasteiger partial charge in [-0.05, 0) is 22.0 Å². The lowest BCUT2D eigenvalue weighted by Gasteiger charge is -2.14. The number of aromatic nitrogens is 2. The highest BCUT2D eigenvalue weighted by molar-refractivity contribution is 9.10. The summed E-state index contributed by atoms with van der Waals surface area (Å²) in [7, 11) is 0. The topological polar surface area (TPSA) is 102 Å². The van der Waals surface area contributed by atoms with Crippen LogP contribution in [0.3, 0.4) is 0 Å². The number of nitrogen functional groups attached to an aromatic ring is 2. The Kier molecular flexibility index (Phi) is 4.12. The molecule has 0 amide bonds. The fourth-order valence-electron chi connectivity index (χ4n) is 1.81. The number of hydrogen-bond donors (Lipinski definition) is 2. The second kappa shape index (κ2) is 5.62. The van der Waals surface area contributed by atoms with Crippen LogP contribution < -0.4 is 11.5 Å². The predicted molar refractivity (Wildman–Crippen MR) is 73.6 cm³/mol. The van der Waals surface area contributed by atoms with Gasteiger partial charge in [0.05, 0.1) is 15.6 Å². The molecule has 5 nitrogen and oxygen atoms in total. The van der Waals surface area contributed by atoms with Gasteiger partial charge in [0.25, 0.3) is 0 Å². The Morgan fingerprint density at radius 3 is 2.26 bits per heavy atom. The molecule has 120 valence electrons. The molecule has 0 atom stereocenters. The van der Waals surface area contributed by atoms with E-state index in [2.05, 4.69) is 25.9 Å². The molecule has 23 heavy (non-hydrogen) atoms. The maximum atomic E-state index is 14.2. The summed E-state index contributed by atoms with van der Waals surface area (Å²) in [4.78, 5) is 6.88. The molecule has 0 saturated heterocycles. The second-order valence-electron chi connectivity index (χ2n) is 4.21. The zero-order valence-electron chi connectivity index (χ0n) is 10.8. The van der Waals surface area contributed by atoms with Crippen molar-refractivity contribution < 1.29 is 22.0 Å². The number of anilines is 2. The fourth-order valence-corrected chi connectivity index (χ4v) is 2.23. The first kappa shape index (κ1) is 16.9. The third-order valence-corrected chi connectivity index (χ3v) is 3.34. The Labute approximate surface area is 133 Å². The van der Waals surface area contributed by atoms with E-state index in [0.717, 1.165) is 0 Å². The van der Waals surface area contributed by atoms with E-state index in [1.807, 2.05) is 0 Å². The lowest BCUT2D eigenvalue weighted by molar-refractivity contribution is -0.140. The van der Waals surface area contributed by atoms with Crippen LogP contribution in [0.15, 0.2) is 10.5 Å². The van der Waals surface area contributed by atoms with Gasteiger partial charge in [0, 0.05) is 0 Å². The molecule has 0 radical (unpaired) electrons. The van der Waals surface area contributed by atoms with Crippen LogP contribution in [0.5, 0.6) is 0 Å². The summed E-state index contributed by atoms with van der Waals surface area (Å²) in [6.07, 6.45) is -5.09. The van der Waals surface area contributed by atoms with Crippen molar-refractivity contribution in [1.29, 1.82) is 5.26 Å². The Morgan fingerprint density at radius 2 is 1.74 bits per heavy atom. The molecule has 1 aromatic carbocycles. The molecule has 0 bridgehead atoms. The van der Waals surface area contributed by atoms with E-state index in [-0.39, 0.29) is 6.07 Å². The quantitative estimate of drug-likeness (QED) is 0.571. The van der Waals surface area contributed by atoms with E-state index in [1.54, 1.807) is 0 Å². The zero-order chi connectivity index (χ0) is 17.5. The lowest BCUT2D eigenvalue weighted by Crippen LogP contribution is -2.12. The molecule has 2 aromatic rings. The van der Waals surface area contributed by atoms with Crippen molar-refractivity contribution in [2.24, 2.45) is 0 Å². The van der Waals surface area contributed by atoms with Crippen molar-refractivity contribution in [3.8, 4) is 17.3 Å². The first-order chi connectivity index (χ1) is 10.6. The molecule has 0 spiro atoms. The third kappa shape index (κ3) is 2.89. The Morgan fingerprint density at radius 1 is 1.13 bits per heavy atom. The smallest absolute Gasteiger partial charge is 0.382 e. The van der Waals surface area contributed by atoms with E-state index < -0.39 is 56.4 Å². The van der Waals surface area contributed by atoms with Crippen molar-refractivity contribution in [1.82, 2.24) is 9.97 Å². The average molecular weight is 394 g/mol. The summed E-state index contributed by atoms with van der Waals surface area (Å²) < 4.78 is 66.4. The van der Waals surface area contributed by atoms with Gasteiger partial charge in [-0.15, -0.1) is 0 Å². The van der Waals surface area contributed by atoms with Gasteiger partial charge in [0.15, 0.2) is 0 Å². The Balaban J connectivity index is 2.96. The second-order valence-corrected chi connectivity index (χ2v) is 5.06. The number of halogens is 6. The Hall–Kier alpha value is -2.48. The zero-order valence-corrected chi connectivity index (χ0v) is 12.4. The number of rotatable bonds is 1. The van der Waals surface area contributed by atoms with Crippen LogP contribution >= 0.6 is 15.9 Å². The molecule has 1 aromatic heterocycles. The number of alkyl halides is 3. The van der Waals surface area contributed by atoms with Crippen LogP contribution in [0, 0.1) is 23.0 Å². The molecular formula is C12H5BrF5N5. The van der Waals surface area contributed by atoms with Crippen LogP contribution in [0.4, 0.5) is 33.7 Å². The highest BCUT2D eigenvalue weighted by Gasteiger charge is 2.38. The first-order valence-electron chi connectivity index (χ1n) is 5.66. The number of hydrogen-bond acceptors (Lipinski definition) is 5. The summed E-state index contributed by atoms with van der Waals surface area (Å²) in [6.45, 7) is 0. The molecule has 0 aliphatic rings. The van der Waals surface area contributed by atoms with Crippen LogP contribution in [0.2, 0.25) is 0 Å². The lowest BCUT2D eigenvalue weighted by atomic mass is 10.0. The standard InChI is InChI=1S/C12H5BrF5N5/c13-5-1-4(12(16,17)18)7(14)6(8(5)15)9-3(2-19)10(20)23-11(21)22-9/h1H,(H4,20,21,22,23). The molecule has 0 aliphatic heterocycles. The van der Waals surface area contributed by atoms with Crippen molar-refractivity contribution in [2.75, 3.05) is 11.5 Å². The van der Waals surface area contributed by atoms with Gasteiger partial charge in [-0.3, -0.25) is 0 Å². The van der Waals surface area contributed by atoms with Gasteiger partial charge >= 0.3 is 6.18 Å². The summed E-state index contributed by atoms with van der Waals surface area (Å²) in [5, 5.41) is 9.00. The van der Waals surface area contributed by atoms with Crippen molar-refractivity contribution in [3.63, 3.8) is 0 Å². The highest BCUT2D eigenvalue weighted by Crippen LogP contribution is 2.40. The van der Waals surface area contributed by atoms with Gasteiger partial charge in [0.2, 0.25) is 5.95 Å². The van der Waals surface area contributed by atoms with E-state index in [4.69, 9.17) is 16.7 Å². The van der Waals surface area contributed by atoms with Crippen LogP contribution in [0.25, 0.3) is 11.3 Å². The van der Waals surface area contributed by atoms with Crippen molar-refractivity contribution in [3.05, 3.63) is 33.3 Å². The minimum absolute atomic E-state index is 0.244. The van der Waals surface area contributed by atoms with Gasteiger partial charge < -0.3 is 11.5 Å². The Bertz CT molecular complexity index is 843. The minimum atomic E-state index is -5.09. The van der Waals surface area contributed by atoms with Crippen molar-refractivity contribution >= 4 is 27.7 Å². The normalized spacial score (nSPS) is 11.3. The number of nitrogens with two attached hydrogens (primary N) is 2. The molecule has 2 rings (SSSR count). The number of benzene rings is 1. The van der Waals surface area contributed by atoms with E-state index >= 15 is 0 Å². The van der Waals surface area contributed by atoms with E-state index in [9.17, 15) is 22.0 Å². The molecule has 0 saturated carbocycles. The molecule has 0 fully saturated rings. The van der Waals surface area contributed by atoms with Crippen LogP contribution in [0.1, 0.15) is 11.1 Å². The molecular weight excluding hydrogens is 389 g/mol. The maximum Gasteiger partial charge on any atom is 0.419 e. The van der Waals surface area contributed by atoms with Crippen LogP contribution in [-0.2, 0) is 6.18 Å². The van der Waals surface area contributed by atoms with Crippen LogP contribution in [-0.4, -0.2) is 9.97 Å². The molecule has 1 heterocycles. The third-order valence-electron chi connectivity index (χ3n) is 2.76. The molecule has 0 unspecified atom stereocenters. The van der Waals surface area contributed by atoms with E-state index in [0.29, 0.717) is 0 Å².